The molecule has 0 saturated heterocycles. The minimum Gasteiger partial charge on any atom is -0.354 e. The van der Waals surface area contributed by atoms with Crippen LogP contribution in [-0.2, 0) is 9.59 Å². The second kappa shape index (κ2) is 9.59. The van der Waals surface area contributed by atoms with E-state index in [1.165, 1.54) is 64.2 Å². The Hall–Kier alpha value is -1.06. The van der Waals surface area contributed by atoms with E-state index in [1.54, 1.807) is 0 Å². The summed E-state index contributed by atoms with van der Waals surface area (Å²) >= 11 is 0. The molecule has 3 rings (SSSR count). The lowest BCUT2D eigenvalue weighted by molar-refractivity contribution is -0.128. The van der Waals surface area contributed by atoms with E-state index < -0.39 is 0 Å². The summed E-state index contributed by atoms with van der Waals surface area (Å²) in [5.41, 5.74) is 0. The van der Waals surface area contributed by atoms with Crippen LogP contribution in [0.3, 0.4) is 0 Å². The summed E-state index contributed by atoms with van der Waals surface area (Å²) in [6.07, 6.45) is 16.3. The number of hydrogen-bond donors (Lipinski definition) is 2. The molecule has 0 spiro atoms. The molecule has 0 aromatic heterocycles. The van der Waals surface area contributed by atoms with Crippen LogP contribution in [0.4, 0.5) is 0 Å². The van der Waals surface area contributed by atoms with Gasteiger partial charge in [0, 0.05) is 24.4 Å². The molecule has 0 aromatic rings. The van der Waals surface area contributed by atoms with Crippen molar-refractivity contribution >= 4 is 11.8 Å². The molecule has 1 atom stereocenters. The van der Waals surface area contributed by atoms with Gasteiger partial charge in [0.25, 0.3) is 0 Å². The highest BCUT2D eigenvalue weighted by molar-refractivity contribution is 5.80. The topological polar surface area (TPSA) is 58.2 Å². The van der Waals surface area contributed by atoms with E-state index in [2.05, 4.69) is 10.6 Å². The fraction of sp³-hybridized carbons (Fsp3) is 0.905. The highest BCUT2D eigenvalue weighted by Crippen LogP contribution is 2.33. The Labute approximate surface area is 152 Å². The van der Waals surface area contributed by atoms with Gasteiger partial charge in [-0.3, -0.25) is 9.59 Å². The van der Waals surface area contributed by atoms with Gasteiger partial charge in [0.05, 0.1) is 0 Å². The molecular formula is C21H36N2O2. The van der Waals surface area contributed by atoms with Gasteiger partial charge in [-0.15, -0.1) is 0 Å². The molecule has 3 aliphatic carbocycles. The molecule has 1 unspecified atom stereocenters. The molecule has 142 valence electrons. The molecule has 4 nitrogen and oxygen atoms in total. The van der Waals surface area contributed by atoms with Gasteiger partial charge in [-0.1, -0.05) is 51.4 Å². The summed E-state index contributed by atoms with van der Waals surface area (Å²) in [6.45, 7) is 0.623. The maximum atomic E-state index is 12.7. The van der Waals surface area contributed by atoms with Crippen LogP contribution in [0, 0.1) is 17.8 Å². The molecule has 3 aliphatic rings. The van der Waals surface area contributed by atoms with Crippen molar-refractivity contribution in [2.75, 3.05) is 6.54 Å². The predicted octanol–water partition coefficient (Wildman–Crippen LogP) is 3.94. The van der Waals surface area contributed by atoms with Crippen molar-refractivity contribution in [3.63, 3.8) is 0 Å². The Kier molecular flexibility index (Phi) is 7.18. The van der Waals surface area contributed by atoms with Crippen molar-refractivity contribution in [2.45, 2.75) is 95.9 Å². The van der Waals surface area contributed by atoms with Crippen LogP contribution in [0.25, 0.3) is 0 Å². The number of amides is 2. The van der Waals surface area contributed by atoms with Crippen LogP contribution in [0.1, 0.15) is 89.9 Å². The monoisotopic (exact) mass is 348 g/mol. The Morgan fingerprint density at radius 1 is 0.680 bits per heavy atom. The summed E-state index contributed by atoms with van der Waals surface area (Å²) in [5, 5.41) is 6.46. The van der Waals surface area contributed by atoms with Crippen molar-refractivity contribution in [1.82, 2.24) is 10.6 Å². The van der Waals surface area contributed by atoms with Gasteiger partial charge in [0.15, 0.2) is 0 Å². The normalized spacial score (nSPS) is 24.8. The van der Waals surface area contributed by atoms with Gasteiger partial charge in [-0.2, -0.15) is 0 Å². The zero-order chi connectivity index (χ0) is 17.5. The fourth-order valence-electron chi connectivity index (χ4n) is 4.57. The van der Waals surface area contributed by atoms with Crippen molar-refractivity contribution in [3.8, 4) is 0 Å². The van der Waals surface area contributed by atoms with Crippen LogP contribution in [0.5, 0.6) is 0 Å². The lowest BCUT2D eigenvalue weighted by atomic mass is 9.98. The minimum atomic E-state index is 0.144. The SMILES string of the molecule is O=C(NCC(NC(=O)C1CCCCCC1)C1CC1)C1CCCCCC1. The number of rotatable bonds is 6. The van der Waals surface area contributed by atoms with Gasteiger partial charge >= 0.3 is 0 Å². The average molecular weight is 349 g/mol. The maximum absolute atomic E-state index is 12.7. The van der Waals surface area contributed by atoms with Crippen molar-refractivity contribution in [3.05, 3.63) is 0 Å². The smallest absolute Gasteiger partial charge is 0.223 e. The number of nitrogens with one attached hydrogen (secondary N) is 2. The second-order valence-corrected chi connectivity index (χ2v) is 8.57. The molecule has 0 heterocycles. The highest BCUT2D eigenvalue weighted by atomic mass is 16.2. The lowest BCUT2D eigenvalue weighted by Crippen LogP contribution is -2.47. The summed E-state index contributed by atoms with van der Waals surface area (Å²) in [4.78, 5) is 25.2. The molecule has 0 radical (unpaired) electrons. The Morgan fingerprint density at radius 2 is 1.16 bits per heavy atom. The molecular weight excluding hydrogens is 312 g/mol. The molecule has 3 saturated carbocycles. The number of hydrogen-bond acceptors (Lipinski definition) is 2. The van der Waals surface area contributed by atoms with E-state index >= 15 is 0 Å². The Morgan fingerprint density at radius 3 is 1.64 bits per heavy atom. The van der Waals surface area contributed by atoms with E-state index in [9.17, 15) is 9.59 Å². The van der Waals surface area contributed by atoms with Gasteiger partial charge in [0.1, 0.15) is 0 Å². The zero-order valence-electron chi connectivity index (χ0n) is 15.7. The van der Waals surface area contributed by atoms with Gasteiger partial charge in [-0.05, 0) is 44.4 Å². The highest BCUT2D eigenvalue weighted by Gasteiger charge is 2.34. The van der Waals surface area contributed by atoms with Crippen molar-refractivity contribution in [1.29, 1.82) is 0 Å². The fourth-order valence-corrected chi connectivity index (χ4v) is 4.57. The molecule has 0 aromatic carbocycles. The van der Waals surface area contributed by atoms with Gasteiger partial charge in [0.2, 0.25) is 11.8 Å². The molecule has 3 fully saturated rings. The van der Waals surface area contributed by atoms with E-state index in [0.717, 1.165) is 25.7 Å². The third-order valence-corrected chi connectivity index (χ3v) is 6.47. The van der Waals surface area contributed by atoms with Crippen LogP contribution < -0.4 is 10.6 Å². The van der Waals surface area contributed by atoms with Crippen LogP contribution >= 0.6 is 0 Å². The molecule has 4 heteroatoms. The first kappa shape index (κ1) is 18.7. The third kappa shape index (κ3) is 6.00. The third-order valence-electron chi connectivity index (χ3n) is 6.47. The first-order valence-electron chi connectivity index (χ1n) is 10.8. The maximum Gasteiger partial charge on any atom is 0.223 e. The summed E-state index contributed by atoms with van der Waals surface area (Å²) in [5.74, 6) is 1.42. The van der Waals surface area contributed by atoms with E-state index in [0.29, 0.717) is 12.5 Å². The Bertz CT molecular complexity index is 431. The minimum absolute atomic E-state index is 0.144. The van der Waals surface area contributed by atoms with Crippen LogP contribution in [0.15, 0.2) is 0 Å². The van der Waals surface area contributed by atoms with Crippen LogP contribution in [-0.4, -0.2) is 24.4 Å². The van der Waals surface area contributed by atoms with Crippen LogP contribution in [0.2, 0.25) is 0 Å². The van der Waals surface area contributed by atoms with Gasteiger partial charge < -0.3 is 10.6 Å². The molecule has 2 N–H and O–H groups in total. The molecule has 2 amide bonds. The quantitative estimate of drug-likeness (QED) is 0.714. The van der Waals surface area contributed by atoms with Gasteiger partial charge in [-0.25, -0.2) is 0 Å². The van der Waals surface area contributed by atoms with Crippen molar-refractivity contribution < 1.29 is 9.59 Å². The lowest BCUT2D eigenvalue weighted by Gasteiger charge is -2.23. The molecule has 0 aliphatic heterocycles. The summed E-state index contributed by atoms with van der Waals surface area (Å²) < 4.78 is 0. The van der Waals surface area contributed by atoms with E-state index in [-0.39, 0.29) is 29.7 Å². The first-order chi connectivity index (χ1) is 12.2. The second-order valence-electron chi connectivity index (χ2n) is 8.57. The van der Waals surface area contributed by atoms with Crippen molar-refractivity contribution in [2.24, 2.45) is 17.8 Å². The first-order valence-corrected chi connectivity index (χ1v) is 10.8. The largest absolute Gasteiger partial charge is 0.354 e. The Balaban J connectivity index is 1.46. The summed E-state index contributed by atoms with van der Waals surface area (Å²) in [7, 11) is 0. The molecule has 0 bridgehead atoms. The summed E-state index contributed by atoms with van der Waals surface area (Å²) in [6, 6.07) is 0.144. The number of carbonyl (C=O) groups excluding carboxylic acids is 2. The standard InChI is InChI=1S/C21H36N2O2/c24-20(17-9-5-1-2-6-10-17)22-15-19(16-13-14-16)23-21(25)18-11-7-3-4-8-12-18/h16-19H,1-15H2,(H,22,24)(H,23,25). The van der Waals surface area contributed by atoms with E-state index in [1.807, 2.05) is 0 Å². The number of carbonyl (C=O) groups is 2. The van der Waals surface area contributed by atoms with E-state index in [4.69, 9.17) is 0 Å². The average Bonchev–Trinajstić information content (AvgIpc) is 3.46. The predicted molar refractivity (Wildman–Crippen MR) is 100 cm³/mol. The zero-order valence-corrected chi connectivity index (χ0v) is 15.7. The molecule has 25 heavy (non-hydrogen) atoms.